The van der Waals surface area contributed by atoms with E-state index >= 15 is 0 Å². The SMILES string of the molecule is CCCC(CCCCc1ccc(-c2ccc(C(=O)O)cc2)cc1)CC1(C)CCC(C)(C)c2cc(C(=O)Nc3ccc(C(=O)O)cc3)ccc21. The number of anilines is 1. The summed E-state index contributed by atoms with van der Waals surface area (Å²) in [7, 11) is 0. The molecule has 5 rings (SSSR count). The van der Waals surface area contributed by atoms with E-state index in [1.54, 1.807) is 24.3 Å². The molecule has 1 aliphatic carbocycles. The van der Waals surface area contributed by atoms with Gasteiger partial charge in [-0.05, 0) is 125 Å². The van der Waals surface area contributed by atoms with E-state index in [9.17, 15) is 19.5 Å². The van der Waals surface area contributed by atoms with Crippen LogP contribution < -0.4 is 5.32 Å². The molecule has 0 heterocycles. The molecule has 6 nitrogen and oxygen atoms in total. The molecular formula is C43H49NO5. The number of unbranched alkanes of at least 4 members (excludes halogenated alkanes) is 1. The number of carboxylic acids is 2. The van der Waals surface area contributed by atoms with Gasteiger partial charge in [-0.2, -0.15) is 0 Å². The highest BCUT2D eigenvalue weighted by molar-refractivity contribution is 6.04. The molecule has 1 amide bonds. The molecule has 0 fully saturated rings. The van der Waals surface area contributed by atoms with E-state index in [1.807, 2.05) is 18.2 Å². The van der Waals surface area contributed by atoms with E-state index in [-0.39, 0.29) is 22.3 Å². The van der Waals surface area contributed by atoms with Gasteiger partial charge in [-0.1, -0.05) is 95.8 Å². The Balaban J connectivity index is 1.20. The number of carbonyl (C=O) groups excluding carboxylic acids is 1. The standard InChI is InChI=1S/C43H49NO5/c1-5-8-30(10-7-6-9-29-11-13-31(14-12-29)32-15-17-33(18-16-32)40(46)47)28-43(4)26-25-42(2,3)38-27-35(21-24-37(38)43)39(45)44-36-22-19-34(20-23-36)41(48)49/h11-24,27,30H,5-10,25-26,28H2,1-4H3,(H,44,45)(H,46,47)(H,48,49). The van der Waals surface area contributed by atoms with Crippen molar-refractivity contribution in [3.63, 3.8) is 0 Å². The predicted octanol–water partition coefficient (Wildman–Crippen LogP) is 10.6. The van der Waals surface area contributed by atoms with E-state index in [1.165, 1.54) is 54.5 Å². The number of aryl methyl sites for hydroxylation is 1. The lowest BCUT2D eigenvalue weighted by Crippen LogP contribution is -2.37. The molecule has 0 spiro atoms. The van der Waals surface area contributed by atoms with Crippen LogP contribution in [0.3, 0.4) is 0 Å². The Morgan fingerprint density at radius 3 is 1.86 bits per heavy atom. The normalized spacial score (nSPS) is 17.1. The molecule has 6 heteroatoms. The van der Waals surface area contributed by atoms with Crippen LogP contribution in [0.2, 0.25) is 0 Å². The zero-order chi connectivity index (χ0) is 35.2. The summed E-state index contributed by atoms with van der Waals surface area (Å²) in [5.74, 6) is -1.46. The van der Waals surface area contributed by atoms with Crippen LogP contribution in [0.1, 0.15) is 127 Å². The smallest absolute Gasteiger partial charge is 0.335 e. The molecule has 4 aromatic carbocycles. The van der Waals surface area contributed by atoms with Crippen molar-refractivity contribution in [2.24, 2.45) is 5.92 Å². The number of fused-ring (bicyclic) bond motifs is 1. The Hall–Kier alpha value is -4.71. The van der Waals surface area contributed by atoms with Gasteiger partial charge in [0.05, 0.1) is 11.1 Å². The Labute approximate surface area is 290 Å². The fourth-order valence-electron chi connectivity index (χ4n) is 7.57. The summed E-state index contributed by atoms with van der Waals surface area (Å²) in [6.07, 6.45) is 10.3. The van der Waals surface area contributed by atoms with Gasteiger partial charge in [0.25, 0.3) is 5.91 Å². The minimum Gasteiger partial charge on any atom is -0.478 e. The zero-order valence-corrected chi connectivity index (χ0v) is 29.2. The molecule has 4 aromatic rings. The summed E-state index contributed by atoms with van der Waals surface area (Å²) in [4.78, 5) is 35.6. The average Bonchev–Trinajstić information content (AvgIpc) is 3.09. The van der Waals surface area contributed by atoms with Crippen molar-refractivity contribution in [1.82, 2.24) is 0 Å². The molecule has 0 saturated heterocycles. The summed E-state index contributed by atoms with van der Waals surface area (Å²) < 4.78 is 0. The molecule has 3 N–H and O–H groups in total. The van der Waals surface area contributed by atoms with Gasteiger partial charge in [-0.25, -0.2) is 9.59 Å². The van der Waals surface area contributed by atoms with Crippen LogP contribution in [0.25, 0.3) is 11.1 Å². The first kappa shape index (κ1) is 35.6. The molecule has 0 aromatic heterocycles. The third kappa shape index (κ3) is 8.66. The third-order valence-corrected chi connectivity index (χ3v) is 10.5. The number of rotatable bonds is 14. The van der Waals surface area contributed by atoms with Crippen molar-refractivity contribution in [2.75, 3.05) is 5.32 Å². The minimum absolute atomic E-state index is 0.0357. The summed E-state index contributed by atoms with van der Waals surface area (Å²) in [5.41, 5.74) is 7.74. The van der Waals surface area contributed by atoms with Crippen LogP contribution in [0.15, 0.2) is 91.0 Å². The first-order chi connectivity index (χ1) is 23.4. The topological polar surface area (TPSA) is 104 Å². The Kier molecular flexibility index (Phi) is 11.1. The van der Waals surface area contributed by atoms with Gasteiger partial charge in [-0.3, -0.25) is 4.79 Å². The second-order valence-corrected chi connectivity index (χ2v) is 14.7. The maximum Gasteiger partial charge on any atom is 0.335 e. The van der Waals surface area contributed by atoms with Crippen molar-refractivity contribution >= 4 is 23.5 Å². The first-order valence-corrected chi connectivity index (χ1v) is 17.6. The number of aromatic carboxylic acids is 2. The van der Waals surface area contributed by atoms with E-state index in [0.717, 1.165) is 43.2 Å². The number of hydrogen-bond donors (Lipinski definition) is 3. The fraction of sp³-hybridized carbons (Fsp3) is 0.372. The van der Waals surface area contributed by atoms with E-state index in [2.05, 4.69) is 69.4 Å². The highest BCUT2D eigenvalue weighted by atomic mass is 16.4. The van der Waals surface area contributed by atoms with Gasteiger partial charge in [0.1, 0.15) is 0 Å². The van der Waals surface area contributed by atoms with Crippen LogP contribution in [-0.2, 0) is 17.3 Å². The van der Waals surface area contributed by atoms with Crippen molar-refractivity contribution in [1.29, 1.82) is 0 Å². The molecule has 256 valence electrons. The number of carbonyl (C=O) groups is 3. The van der Waals surface area contributed by atoms with Gasteiger partial charge < -0.3 is 15.5 Å². The molecule has 0 aliphatic heterocycles. The lowest BCUT2D eigenvalue weighted by atomic mass is 9.59. The highest BCUT2D eigenvalue weighted by Gasteiger charge is 2.41. The fourth-order valence-corrected chi connectivity index (χ4v) is 7.57. The Morgan fingerprint density at radius 2 is 1.27 bits per heavy atom. The highest BCUT2D eigenvalue weighted by Crippen LogP contribution is 2.49. The monoisotopic (exact) mass is 659 g/mol. The molecule has 2 unspecified atom stereocenters. The summed E-state index contributed by atoms with van der Waals surface area (Å²) in [5, 5.41) is 21.3. The third-order valence-electron chi connectivity index (χ3n) is 10.5. The van der Waals surface area contributed by atoms with Crippen LogP contribution in [0.4, 0.5) is 5.69 Å². The first-order valence-electron chi connectivity index (χ1n) is 17.6. The van der Waals surface area contributed by atoms with Crippen LogP contribution >= 0.6 is 0 Å². The summed E-state index contributed by atoms with van der Waals surface area (Å²) >= 11 is 0. The van der Waals surface area contributed by atoms with Gasteiger partial charge in [0.2, 0.25) is 0 Å². The molecule has 49 heavy (non-hydrogen) atoms. The van der Waals surface area contributed by atoms with E-state index < -0.39 is 11.9 Å². The largest absolute Gasteiger partial charge is 0.478 e. The molecular weight excluding hydrogens is 610 g/mol. The van der Waals surface area contributed by atoms with Crippen LogP contribution in [0, 0.1) is 5.92 Å². The van der Waals surface area contributed by atoms with Gasteiger partial charge in [-0.15, -0.1) is 0 Å². The number of nitrogens with one attached hydrogen (secondary N) is 1. The summed E-state index contributed by atoms with van der Waals surface area (Å²) in [6.45, 7) is 9.26. The lowest BCUT2D eigenvalue weighted by molar-refractivity contribution is 0.0686. The van der Waals surface area contributed by atoms with E-state index in [0.29, 0.717) is 22.7 Å². The lowest BCUT2D eigenvalue weighted by Gasteiger charge is -2.45. The molecule has 1 aliphatic rings. The maximum absolute atomic E-state index is 13.3. The number of benzene rings is 4. The zero-order valence-electron chi connectivity index (χ0n) is 29.2. The molecule has 0 radical (unpaired) electrons. The summed E-state index contributed by atoms with van der Waals surface area (Å²) in [6, 6.07) is 28.1. The second kappa shape index (κ2) is 15.2. The quantitative estimate of drug-likeness (QED) is 0.117. The van der Waals surface area contributed by atoms with Crippen molar-refractivity contribution in [3.8, 4) is 11.1 Å². The Bertz CT molecular complexity index is 1770. The maximum atomic E-state index is 13.3. The second-order valence-electron chi connectivity index (χ2n) is 14.7. The van der Waals surface area contributed by atoms with Gasteiger partial charge in [0.15, 0.2) is 0 Å². The molecule has 0 bridgehead atoms. The Morgan fingerprint density at radius 1 is 0.694 bits per heavy atom. The van der Waals surface area contributed by atoms with Crippen molar-refractivity contribution < 1.29 is 24.6 Å². The molecule has 2 atom stereocenters. The van der Waals surface area contributed by atoms with Crippen LogP contribution in [-0.4, -0.2) is 28.1 Å². The minimum atomic E-state index is -0.994. The van der Waals surface area contributed by atoms with E-state index in [4.69, 9.17) is 5.11 Å². The number of carboxylic acid groups (broad SMARTS) is 2. The predicted molar refractivity (Wildman–Crippen MR) is 197 cm³/mol. The van der Waals surface area contributed by atoms with Crippen molar-refractivity contribution in [2.45, 2.75) is 96.3 Å². The molecule has 0 saturated carbocycles. The number of amides is 1. The van der Waals surface area contributed by atoms with Gasteiger partial charge >= 0.3 is 11.9 Å². The number of hydrogen-bond acceptors (Lipinski definition) is 3. The average molecular weight is 660 g/mol. The van der Waals surface area contributed by atoms with Crippen molar-refractivity contribution in [3.05, 3.63) is 124 Å². The van der Waals surface area contributed by atoms with Gasteiger partial charge in [0, 0.05) is 11.3 Å². The van der Waals surface area contributed by atoms with Crippen LogP contribution in [0.5, 0.6) is 0 Å².